The van der Waals surface area contributed by atoms with Crippen LogP contribution in [0.25, 0.3) is 0 Å². The fourth-order valence-electron chi connectivity index (χ4n) is 5.02. The normalized spacial score (nSPS) is 19.4. The molecule has 4 aliphatic heterocycles. The number of halogens is 1. The van der Waals surface area contributed by atoms with Crippen LogP contribution in [-0.2, 0) is 28.5 Å². The third-order valence-corrected chi connectivity index (χ3v) is 7.28. The Morgan fingerprint density at radius 1 is 0.761 bits per heavy atom. The summed E-state index contributed by atoms with van der Waals surface area (Å²) in [5.41, 5.74) is 3.03. The van der Waals surface area contributed by atoms with Crippen LogP contribution in [-0.4, -0.2) is 102 Å². The van der Waals surface area contributed by atoms with Crippen molar-refractivity contribution in [3.63, 3.8) is 0 Å². The predicted molar refractivity (Wildman–Crippen MR) is 182 cm³/mol. The van der Waals surface area contributed by atoms with Gasteiger partial charge in [-0.15, -0.1) is 24.0 Å². The summed E-state index contributed by atoms with van der Waals surface area (Å²) in [4.78, 5) is 64.9. The van der Waals surface area contributed by atoms with Gasteiger partial charge in [-0.25, -0.2) is 14.4 Å². The summed E-state index contributed by atoms with van der Waals surface area (Å²) in [7, 11) is 0. The van der Waals surface area contributed by atoms with Gasteiger partial charge in [0.05, 0.1) is 32.8 Å². The van der Waals surface area contributed by atoms with E-state index in [4.69, 9.17) is 18.9 Å². The minimum atomic E-state index is -0.476. The molecule has 6 amide bonds. The van der Waals surface area contributed by atoms with E-state index in [0.29, 0.717) is 51.7 Å². The van der Waals surface area contributed by atoms with E-state index >= 15 is 0 Å². The van der Waals surface area contributed by atoms with E-state index in [0.717, 1.165) is 17.1 Å². The Labute approximate surface area is 285 Å². The minimum absolute atomic E-state index is 0. The monoisotopic (exact) mass is 754 g/mol. The molecule has 4 aliphatic rings. The molecule has 0 spiro atoms. The van der Waals surface area contributed by atoms with Crippen LogP contribution in [0.15, 0.2) is 61.3 Å². The number of nitrogens with zero attached hydrogens (tertiary/aromatic N) is 4. The van der Waals surface area contributed by atoms with E-state index in [1.807, 2.05) is 24.3 Å². The molecule has 6 rings (SSSR count). The third-order valence-electron chi connectivity index (χ3n) is 7.28. The first-order chi connectivity index (χ1) is 21.8. The highest BCUT2D eigenvalue weighted by Crippen LogP contribution is 2.26. The number of nitrogens with one attached hydrogen (secondary N) is 2. The van der Waals surface area contributed by atoms with Crippen molar-refractivity contribution in [2.45, 2.75) is 6.10 Å². The maximum atomic E-state index is 12.1. The molecule has 2 N–H and O–H groups in total. The third kappa shape index (κ3) is 8.43. The lowest BCUT2D eigenvalue weighted by Crippen LogP contribution is -2.41. The highest BCUT2D eigenvalue weighted by Gasteiger charge is 2.33. The molecule has 250 valence electrons. The predicted octanol–water partition coefficient (Wildman–Crippen LogP) is 2.93. The van der Waals surface area contributed by atoms with Gasteiger partial charge in [0.2, 0.25) is 0 Å². The van der Waals surface area contributed by atoms with E-state index in [1.165, 1.54) is 11.1 Å². The van der Waals surface area contributed by atoms with Gasteiger partial charge in [0.25, 0.3) is 11.8 Å². The largest absolute Gasteiger partial charge is 0.447 e. The number of benzene rings is 2. The Hall–Kier alpha value is -4.42. The molecule has 4 fully saturated rings. The highest BCUT2D eigenvalue weighted by atomic mass is 127. The summed E-state index contributed by atoms with van der Waals surface area (Å²) in [5, 5.41) is 4.98. The first-order valence-electron chi connectivity index (χ1n) is 14.4. The number of morpholine rings is 2. The second-order valence-electron chi connectivity index (χ2n) is 10.2. The van der Waals surface area contributed by atoms with Crippen molar-refractivity contribution in [1.82, 2.24) is 10.6 Å². The van der Waals surface area contributed by atoms with Crippen LogP contribution in [0.3, 0.4) is 0 Å². The molecule has 2 aromatic carbocycles. The molecule has 0 aromatic heterocycles. The first-order valence-corrected chi connectivity index (χ1v) is 14.4. The molecule has 0 saturated carbocycles. The Balaban J connectivity index is 0.000000326. The number of hydrogen-bond acceptors (Lipinski definition) is 9. The van der Waals surface area contributed by atoms with Gasteiger partial charge in [-0.2, -0.15) is 0 Å². The van der Waals surface area contributed by atoms with Crippen molar-refractivity contribution in [1.29, 1.82) is 0 Å². The van der Waals surface area contributed by atoms with E-state index < -0.39 is 18.2 Å². The van der Waals surface area contributed by atoms with Gasteiger partial charge in [0.1, 0.15) is 25.9 Å². The summed E-state index contributed by atoms with van der Waals surface area (Å²) < 4.78 is 20.4. The van der Waals surface area contributed by atoms with Gasteiger partial charge >= 0.3 is 18.2 Å². The molecule has 46 heavy (non-hydrogen) atoms. The Bertz CT molecular complexity index is 1440. The van der Waals surface area contributed by atoms with E-state index in [-0.39, 0.29) is 64.5 Å². The van der Waals surface area contributed by atoms with Gasteiger partial charge in [-0.1, -0.05) is 6.58 Å². The molecule has 4 saturated heterocycles. The van der Waals surface area contributed by atoms with Crippen LogP contribution in [0, 0.1) is 0 Å². The fourth-order valence-corrected chi connectivity index (χ4v) is 5.02. The standard InChI is InChI=1S/C17H20N4O5.C13H14N2O4.HI.2H2/c1-2-18-16(23)19-9-14-10-21(17(24)26-14)13-5-3-12(4-6-13)20-7-8-25-11-15(20)22;16-12-9-18-7-5-14(12)10-1-3-11(4-2-10)15-6-8-19-13(15)17;;;/h2-6,14H,1,7-11H2,(H2,18,19,23);1-4H,5-9H2;3*1H/t14-;;;;/m0..../s1. The lowest BCUT2D eigenvalue weighted by atomic mass is 10.2. The summed E-state index contributed by atoms with van der Waals surface area (Å²) >= 11 is 0. The molecule has 0 unspecified atom stereocenters. The van der Waals surface area contributed by atoms with Gasteiger partial charge in [0, 0.05) is 38.7 Å². The zero-order chi connectivity index (χ0) is 31.8. The summed E-state index contributed by atoms with van der Waals surface area (Å²) in [6, 6.07) is 14.0. The zero-order valence-electron chi connectivity index (χ0n) is 24.9. The van der Waals surface area contributed by atoms with Crippen molar-refractivity contribution >= 4 is 76.8 Å². The number of cyclic esters (lactones) is 2. The Morgan fingerprint density at radius 2 is 1.24 bits per heavy atom. The van der Waals surface area contributed by atoms with Gasteiger partial charge in [0.15, 0.2) is 0 Å². The van der Waals surface area contributed by atoms with Crippen molar-refractivity contribution in [2.24, 2.45) is 0 Å². The molecule has 0 aliphatic carbocycles. The van der Waals surface area contributed by atoms with Crippen LogP contribution in [0.2, 0.25) is 0 Å². The number of amides is 6. The number of rotatable bonds is 7. The van der Waals surface area contributed by atoms with Crippen LogP contribution in [0.4, 0.5) is 37.1 Å². The zero-order valence-corrected chi connectivity index (χ0v) is 27.3. The quantitative estimate of drug-likeness (QED) is 0.406. The molecule has 2 aromatic rings. The van der Waals surface area contributed by atoms with Crippen LogP contribution in [0.5, 0.6) is 0 Å². The summed E-state index contributed by atoms with van der Waals surface area (Å²) in [6.07, 6.45) is 0.0214. The van der Waals surface area contributed by atoms with Crippen molar-refractivity contribution < 1.29 is 45.8 Å². The molecule has 15 nitrogen and oxygen atoms in total. The van der Waals surface area contributed by atoms with E-state index in [9.17, 15) is 24.0 Å². The molecular formula is C30H39IN6O9. The molecule has 0 radical (unpaired) electrons. The van der Waals surface area contributed by atoms with Crippen molar-refractivity contribution in [2.75, 3.05) is 85.4 Å². The number of hydrogen-bond donors (Lipinski definition) is 2. The van der Waals surface area contributed by atoms with Crippen molar-refractivity contribution in [3.05, 3.63) is 61.3 Å². The second kappa shape index (κ2) is 16.2. The number of ether oxygens (including phenoxy) is 4. The molecule has 0 bridgehead atoms. The van der Waals surface area contributed by atoms with E-state index in [1.54, 1.807) is 39.0 Å². The Morgan fingerprint density at radius 3 is 1.70 bits per heavy atom. The van der Waals surface area contributed by atoms with Crippen LogP contribution in [0.1, 0.15) is 2.85 Å². The lowest BCUT2D eigenvalue weighted by Gasteiger charge is -2.27. The number of carbonyl (C=O) groups is 5. The fraction of sp³-hybridized carbons (Fsp3) is 0.367. The van der Waals surface area contributed by atoms with Crippen LogP contribution < -0.4 is 30.2 Å². The number of carbonyl (C=O) groups excluding carboxylic acids is 5. The average molecular weight is 755 g/mol. The van der Waals surface area contributed by atoms with E-state index in [2.05, 4.69) is 17.2 Å². The highest BCUT2D eigenvalue weighted by molar-refractivity contribution is 14.0. The van der Waals surface area contributed by atoms with Crippen LogP contribution >= 0.6 is 24.0 Å². The number of urea groups is 1. The lowest BCUT2D eigenvalue weighted by molar-refractivity contribution is -0.126. The number of anilines is 4. The topological polar surface area (TPSA) is 159 Å². The molecular weight excluding hydrogens is 715 g/mol. The summed E-state index contributed by atoms with van der Waals surface area (Å²) in [6.45, 7) is 7.21. The molecule has 1 atom stereocenters. The average Bonchev–Trinajstić information content (AvgIpc) is 3.66. The second-order valence-corrected chi connectivity index (χ2v) is 10.2. The Kier molecular flexibility index (Phi) is 12.2. The first kappa shape index (κ1) is 34.5. The van der Waals surface area contributed by atoms with Gasteiger partial charge in [-0.05, 0) is 54.7 Å². The maximum Gasteiger partial charge on any atom is 0.414 e. The SMILES string of the molecule is C=CNC(=O)NC[C@H]1CN(c2ccc(N3CCOCC3=O)cc2)C(=O)O1.I.O=C1COCCN1c1ccc(N2CCOC2=O)cc1.[HH].[HH]. The molecule has 16 heteroatoms. The summed E-state index contributed by atoms with van der Waals surface area (Å²) in [5.74, 6) is -0.131. The van der Waals surface area contributed by atoms with Crippen molar-refractivity contribution in [3.8, 4) is 0 Å². The van der Waals surface area contributed by atoms with Gasteiger partial charge in [-0.3, -0.25) is 19.4 Å². The maximum absolute atomic E-state index is 12.1. The van der Waals surface area contributed by atoms with Gasteiger partial charge < -0.3 is 39.4 Å². The minimum Gasteiger partial charge on any atom is -0.447 e. The molecule has 4 heterocycles. The smallest absolute Gasteiger partial charge is 0.414 e.